The van der Waals surface area contributed by atoms with Crippen LogP contribution in [0.4, 0.5) is 0 Å². The fraction of sp³-hybridized carbons (Fsp3) is 0.714. The van der Waals surface area contributed by atoms with Crippen LogP contribution in [0.5, 0.6) is 0 Å². The molecule has 4 N–H and O–H groups in total. The summed E-state index contributed by atoms with van der Waals surface area (Å²) in [5.74, 6) is -0.965. The Morgan fingerprint density at radius 3 is 2.54 bits per heavy atom. The molecule has 0 heterocycles. The first kappa shape index (κ1) is 12.0. The molecule has 0 saturated heterocycles. The van der Waals surface area contributed by atoms with Gasteiger partial charge in [-0.15, -0.1) is 0 Å². The quantitative estimate of drug-likeness (QED) is 0.256. The number of carboxylic acids is 1. The topological polar surface area (TPSA) is 98.7 Å². The molecule has 0 bridgehead atoms. The monoisotopic (exact) mass is 190 g/mol. The molecule has 0 aromatic carbocycles. The van der Waals surface area contributed by atoms with Crippen molar-refractivity contribution in [2.45, 2.75) is 6.10 Å². The zero-order valence-corrected chi connectivity index (χ0v) is 7.19. The van der Waals surface area contributed by atoms with Crippen molar-refractivity contribution in [3.8, 4) is 0 Å². The molecular weight excluding hydrogens is 176 g/mol. The first-order valence-corrected chi connectivity index (χ1v) is 3.91. The van der Waals surface area contributed by atoms with Crippen LogP contribution in [0.2, 0.25) is 0 Å². The zero-order chi connectivity index (χ0) is 10.1. The molecule has 6 nitrogen and oxygen atoms in total. The van der Waals surface area contributed by atoms with Gasteiger partial charge >= 0.3 is 5.97 Å². The van der Waals surface area contributed by atoms with E-state index in [1.807, 2.05) is 0 Å². The Labute approximate surface area is 75.9 Å². The Morgan fingerprint density at radius 2 is 2.00 bits per heavy atom. The number of hydrogen-bond donors (Lipinski definition) is 4. The van der Waals surface area contributed by atoms with E-state index in [1.54, 1.807) is 0 Å². The Bertz CT molecular complexity index is 163. The summed E-state index contributed by atoms with van der Waals surface area (Å²) in [7, 11) is 0. The number of carbonyl (C=O) groups is 2. The lowest BCUT2D eigenvalue weighted by Crippen LogP contribution is -2.37. The molecule has 0 aromatic heterocycles. The van der Waals surface area contributed by atoms with Crippen LogP contribution in [0.25, 0.3) is 0 Å². The van der Waals surface area contributed by atoms with Gasteiger partial charge in [-0.3, -0.25) is 4.79 Å². The second kappa shape index (κ2) is 7.66. The minimum absolute atomic E-state index is 0.176. The van der Waals surface area contributed by atoms with E-state index in [9.17, 15) is 9.59 Å². The van der Waals surface area contributed by atoms with E-state index in [1.165, 1.54) is 0 Å². The van der Waals surface area contributed by atoms with Gasteiger partial charge in [-0.05, 0) is 0 Å². The number of aliphatic hydroxyl groups excluding tert-OH is 1. The van der Waals surface area contributed by atoms with Gasteiger partial charge in [0, 0.05) is 13.1 Å². The Kier molecular flexibility index (Phi) is 7.08. The van der Waals surface area contributed by atoms with Crippen LogP contribution in [0, 0.1) is 0 Å². The predicted octanol–water partition coefficient (Wildman–Crippen LogP) is -2.19. The van der Waals surface area contributed by atoms with Gasteiger partial charge < -0.3 is 25.6 Å². The second-order valence-electron chi connectivity index (χ2n) is 2.50. The van der Waals surface area contributed by atoms with Gasteiger partial charge in [-0.2, -0.15) is 0 Å². The average Bonchev–Trinajstić information content (AvgIpc) is 2.04. The van der Waals surface area contributed by atoms with E-state index in [4.69, 9.17) is 10.2 Å². The highest BCUT2D eigenvalue weighted by atomic mass is 16.4. The van der Waals surface area contributed by atoms with Crippen LogP contribution < -0.4 is 10.6 Å². The summed E-state index contributed by atoms with van der Waals surface area (Å²) in [6, 6.07) is 0. The molecule has 0 aliphatic heterocycles. The smallest absolute Gasteiger partial charge is 0.317 e. The molecule has 0 saturated carbocycles. The number of rotatable bonds is 8. The van der Waals surface area contributed by atoms with Crippen LogP contribution >= 0.6 is 0 Å². The molecule has 0 amide bonds. The summed E-state index contributed by atoms with van der Waals surface area (Å²) in [6.45, 7) is 0.476. The summed E-state index contributed by atoms with van der Waals surface area (Å²) in [6.07, 6.45) is 0.0107. The van der Waals surface area contributed by atoms with Crippen LogP contribution in [0.15, 0.2) is 0 Å². The lowest BCUT2D eigenvalue weighted by molar-refractivity contribution is -0.136. The van der Waals surface area contributed by atoms with Crippen LogP contribution in [-0.4, -0.2) is 54.8 Å². The molecule has 6 heteroatoms. The SMILES string of the molecule is O=CCNCC(O)CNCC(=O)O. The number of hydrogen-bond acceptors (Lipinski definition) is 5. The molecule has 13 heavy (non-hydrogen) atoms. The highest BCUT2D eigenvalue weighted by Crippen LogP contribution is 1.76. The second-order valence-corrected chi connectivity index (χ2v) is 2.50. The van der Waals surface area contributed by atoms with Gasteiger partial charge in [0.15, 0.2) is 0 Å². The third-order valence-corrected chi connectivity index (χ3v) is 1.26. The summed E-state index contributed by atoms with van der Waals surface area (Å²) in [5.41, 5.74) is 0. The summed E-state index contributed by atoms with van der Waals surface area (Å²) in [5, 5.41) is 22.6. The van der Waals surface area contributed by atoms with Crippen molar-refractivity contribution in [3.05, 3.63) is 0 Å². The maximum atomic E-state index is 10.0. The summed E-state index contributed by atoms with van der Waals surface area (Å²) < 4.78 is 0. The molecule has 76 valence electrons. The van der Waals surface area contributed by atoms with Crippen LogP contribution in [0.1, 0.15) is 0 Å². The van der Waals surface area contributed by atoms with Gasteiger partial charge in [0.25, 0.3) is 0 Å². The van der Waals surface area contributed by atoms with E-state index < -0.39 is 12.1 Å². The van der Waals surface area contributed by atoms with Crippen molar-refractivity contribution in [3.63, 3.8) is 0 Å². The molecule has 0 aliphatic carbocycles. The Balaban J connectivity index is 3.24. The number of aliphatic hydroxyl groups is 1. The van der Waals surface area contributed by atoms with Gasteiger partial charge in [0.05, 0.1) is 19.2 Å². The molecule has 0 spiro atoms. The molecule has 0 aromatic rings. The molecule has 1 unspecified atom stereocenters. The summed E-state index contributed by atoms with van der Waals surface area (Å²) in [4.78, 5) is 19.9. The lowest BCUT2D eigenvalue weighted by atomic mass is 10.3. The average molecular weight is 190 g/mol. The standard InChI is InChI=1S/C7H14N2O4/c10-2-1-8-3-6(11)4-9-5-7(12)13/h2,6,8-9,11H,1,3-5H2,(H,12,13). The Hall–Kier alpha value is -0.980. The minimum Gasteiger partial charge on any atom is -0.480 e. The third-order valence-electron chi connectivity index (χ3n) is 1.26. The fourth-order valence-electron chi connectivity index (χ4n) is 0.727. The Morgan fingerprint density at radius 1 is 1.38 bits per heavy atom. The molecule has 0 radical (unpaired) electrons. The van der Waals surface area contributed by atoms with Crippen molar-refractivity contribution in [1.82, 2.24) is 10.6 Å². The maximum absolute atomic E-state index is 10.0. The van der Waals surface area contributed by atoms with Crippen molar-refractivity contribution < 1.29 is 19.8 Å². The maximum Gasteiger partial charge on any atom is 0.317 e. The number of aldehydes is 1. The molecular formula is C7H14N2O4. The lowest BCUT2D eigenvalue weighted by Gasteiger charge is -2.10. The first-order valence-electron chi connectivity index (χ1n) is 3.91. The van der Waals surface area contributed by atoms with Crippen molar-refractivity contribution >= 4 is 12.3 Å². The minimum atomic E-state index is -0.965. The highest BCUT2D eigenvalue weighted by molar-refractivity contribution is 5.68. The van der Waals surface area contributed by atoms with Crippen molar-refractivity contribution in [2.24, 2.45) is 0 Å². The third kappa shape index (κ3) is 8.93. The summed E-state index contributed by atoms with van der Waals surface area (Å²) >= 11 is 0. The zero-order valence-electron chi connectivity index (χ0n) is 7.19. The van der Waals surface area contributed by atoms with E-state index in [0.717, 1.165) is 0 Å². The normalized spacial score (nSPS) is 12.4. The van der Waals surface area contributed by atoms with Crippen LogP contribution in [-0.2, 0) is 9.59 Å². The van der Waals surface area contributed by atoms with E-state index >= 15 is 0 Å². The van der Waals surface area contributed by atoms with Gasteiger partial charge in [0.1, 0.15) is 6.29 Å². The van der Waals surface area contributed by atoms with Crippen LogP contribution in [0.3, 0.4) is 0 Å². The molecule has 0 aliphatic rings. The largest absolute Gasteiger partial charge is 0.480 e. The van der Waals surface area contributed by atoms with Gasteiger partial charge in [0.2, 0.25) is 0 Å². The number of carboxylic acid groups (broad SMARTS) is 1. The number of aliphatic carboxylic acids is 1. The van der Waals surface area contributed by atoms with Gasteiger partial charge in [-0.1, -0.05) is 0 Å². The van der Waals surface area contributed by atoms with E-state index in [2.05, 4.69) is 10.6 Å². The highest BCUT2D eigenvalue weighted by Gasteiger charge is 2.03. The van der Waals surface area contributed by atoms with E-state index in [-0.39, 0.29) is 26.2 Å². The molecule has 1 atom stereocenters. The predicted molar refractivity (Wildman–Crippen MR) is 45.4 cm³/mol. The van der Waals surface area contributed by atoms with E-state index in [0.29, 0.717) is 6.29 Å². The molecule has 0 fully saturated rings. The van der Waals surface area contributed by atoms with Gasteiger partial charge in [-0.25, -0.2) is 0 Å². The van der Waals surface area contributed by atoms with Crippen molar-refractivity contribution in [2.75, 3.05) is 26.2 Å². The van der Waals surface area contributed by atoms with Crippen molar-refractivity contribution in [1.29, 1.82) is 0 Å². The number of nitrogens with one attached hydrogen (secondary N) is 2. The number of carbonyl (C=O) groups excluding carboxylic acids is 1. The first-order chi connectivity index (χ1) is 6.16. The fourth-order valence-corrected chi connectivity index (χ4v) is 0.727. The molecule has 0 rings (SSSR count).